The van der Waals surface area contributed by atoms with Crippen molar-refractivity contribution in [3.63, 3.8) is 0 Å². The van der Waals surface area contributed by atoms with Gasteiger partial charge in [-0.25, -0.2) is 0 Å². The molecular weight excluding hydrogens is 590 g/mol. The largest absolute Gasteiger partial charge is 0.343 e. The van der Waals surface area contributed by atoms with E-state index in [1.807, 2.05) is 55.1 Å². The van der Waals surface area contributed by atoms with Crippen molar-refractivity contribution in [2.45, 2.75) is 89.9 Å². The average Bonchev–Trinajstić information content (AvgIpc) is 3.07. The zero-order valence-corrected chi connectivity index (χ0v) is 28.6. The Balaban J connectivity index is 0.00000216. The number of nitrogens with zero attached hydrogens (tertiary/aromatic N) is 2. The van der Waals surface area contributed by atoms with E-state index in [1.165, 1.54) is 43.2 Å². The SMILES string of the molecule is CC.CSNCC(C1CCCCC1)N1CCN(C(=O)C(Cc2ccc(Cl)cc2)NC(=O)C2Cc3ccccc3C(C)N2)CC1. The van der Waals surface area contributed by atoms with Gasteiger partial charge in [-0.2, -0.15) is 0 Å². The monoisotopic (exact) mass is 641 g/mol. The van der Waals surface area contributed by atoms with Crippen molar-refractivity contribution in [2.75, 3.05) is 39.0 Å². The summed E-state index contributed by atoms with van der Waals surface area (Å²) in [4.78, 5) is 32.2. The van der Waals surface area contributed by atoms with Crippen LogP contribution in [0, 0.1) is 5.92 Å². The Labute approximate surface area is 274 Å². The van der Waals surface area contributed by atoms with Crippen LogP contribution in [0.1, 0.15) is 75.6 Å². The van der Waals surface area contributed by atoms with Crippen LogP contribution in [0.4, 0.5) is 0 Å². The predicted octanol–water partition coefficient (Wildman–Crippen LogP) is 5.63. The highest BCUT2D eigenvalue weighted by Crippen LogP contribution is 2.30. The molecule has 2 aromatic rings. The van der Waals surface area contributed by atoms with Crippen LogP contribution >= 0.6 is 23.5 Å². The molecule has 242 valence electrons. The van der Waals surface area contributed by atoms with Crippen molar-refractivity contribution in [2.24, 2.45) is 5.92 Å². The van der Waals surface area contributed by atoms with Crippen molar-refractivity contribution >= 4 is 35.4 Å². The normalized spacial score (nSPS) is 22.2. The van der Waals surface area contributed by atoms with Crippen LogP contribution in [-0.2, 0) is 22.4 Å². The van der Waals surface area contributed by atoms with Crippen molar-refractivity contribution in [1.82, 2.24) is 25.2 Å². The smallest absolute Gasteiger partial charge is 0.245 e. The molecule has 4 atom stereocenters. The summed E-state index contributed by atoms with van der Waals surface area (Å²) in [7, 11) is 0. The first-order valence-corrected chi connectivity index (χ1v) is 18.2. The Morgan fingerprint density at radius 2 is 1.68 bits per heavy atom. The third-order valence-electron chi connectivity index (χ3n) is 9.41. The van der Waals surface area contributed by atoms with E-state index >= 15 is 0 Å². The Bertz CT molecular complexity index is 1180. The van der Waals surface area contributed by atoms with Crippen molar-refractivity contribution in [3.05, 3.63) is 70.2 Å². The highest BCUT2D eigenvalue weighted by molar-refractivity contribution is 7.96. The number of nitrogens with one attached hydrogen (secondary N) is 3. The Hall–Kier alpha value is -2.10. The third-order valence-corrected chi connectivity index (χ3v) is 10.1. The number of hydrogen-bond donors (Lipinski definition) is 3. The quantitative estimate of drug-likeness (QED) is 0.292. The van der Waals surface area contributed by atoms with Gasteiger partial charge in [0.25, 0.3) is 0 Å². The summed E-state index contributed by atoms with van der Waals surface area (Å²) in [6.07, 6.45) is 9.73. The summed E-state index contributed by atoms with van der Waals surface area (Å²) in [6.45, 7) is 10.2. The molecule has 9 heteroatoms. The molecule has 44 heavy (non-hydrogen) atoms. The molecule has 2 amide bonds. The van der Waals surface area contributed by atoms with Gasteiger partial charge in [0.1, 0.15) is 6.04 Å². The Morgan fingerprint density at radius 1 is 1.00 bits per heavy atom. The molecule has 3 aliphatic rings. The molecule has 2 aliphatic heterocycles. The number of piperazine rings is 1. The zero-order valence-electron chi connectivity index (χ0n) is 27.0. The number of fused-ring (bicyclic) bond motifs is 1. The first-order valence-electron chi connectivity index (χ1n) is 16.6. The fourth-order valence-corrected chi connectivity index (χ4v) is 7.55. The minimum absolute atomic E-state index is 0.00124. The summed E-state index contributed by atoms with van der Waals surface area (Å²) < 4.78 is 3.52. The summed E-state index contributed by atoms with van der Waals surface area (Å²) in [6, 6.07) is 15.4. The van der Waals surface area contributed by atoms with Crippen LogP contribution in [0.25, 0.3) is 0 Å². The molecule has 3 N–H and O–H groups in total. The van der Waals surface area contributed by atoms with Gasteiger partial charge in [-0.05, 0) is 67.2 Å². The van der Waals surface area contributed by atoms with E-state index in [0.29, 0.717) is 42.9 Å². The Morgan fingerprint density at radius 3 is 2.36 bits per heavy atom. The maximum atomic E-state index is 14.0. The second-order valence-electron chi connectivity index (χ2n) is 12.1. The van der Waals surface area contributed by atoms with Crippen LogP contribution in [-0.4, -0.2) is 78.7 Å². The molecule has 1 saturated heterocycles. The summed E-state index contributed by atoms with van der Waals surface area (Å²) >= 11 is 7.82. The minimum atomic E-state index is -0.633. The lowest BCUT2D eigenvalue weighted by Gasteiger charge is -2.44. The van der Waals surface area contributed by atoms with Crippen molar-refractivity contribution < 1.29 is 9.59 Å². The first-order chi connectivity index (χ1) is 21.4. The number of benzene rings is 2. The maximum Gasteiger partial charge on any atom is 0.245 e. The topological polar surface area (TPSA) is 76.7 Å². The number of carbonyl (C=O) groups excluding carboxylic acids is 2. The molecule has 1 saturated carbocycles. The van der Waals surface area contributed by atoms with Crippen molar-refractivity contribution in [3.8, 4) is 0 Å². The second-order valence-corrected chi connectivity index (χ2v) is 13.2. The minimum Gasteiger partial charge on any atom is -0.343 e. The van der Waals surface area contributed by atoms with Gasteiger partial charge in [0.15, 0.2) is 0 Å². The molecule has 5 rings (SSSR count). The number of amides is 2. The Kier molecular flexibility index (Phi) is 13.9. The average molecular weight is 642 g/mol. The number of carbonyl (C=O) groups is 2. The van der Waals surface area contributed by atoms with E-state index < -0.39 is 6.04 Å². The zero-order chi connectivity index (χ0) is 31.5. The molecule has 0 aromatic heterocycles. The highest BCUT2D eigenvalue weighted by atomic mass is 35.5. The van der Waals surface area contributed by atoms with Gasteiger partial charge in [-0.1, -0.05) is 93.1 Å². The van der Waals surface area contributed by atoms with Gasteiger partial charge in [0.05, 0.1) is 6.04 Å². The van der Waals surface area contributed by atoms with Crippen LogP contribution in [0.2, 0.25) is 5.02 Å². The summed E-state index contributed by atoms with van der Waals surface area (Å²) in [5, 5.41) is 7.28. The predicted molar refractivity (Wildman–Crippen MR) is 184 cm³/mol. The van der Waals surface area contributed by atoms with Gasteiger partial charge in [-0.15, -0.1) is 0 Å². The van der Waals surface area contributed by atoms with E-state index in [9.17, 15) is 9.59 Å². The first kappa shape index (κ1) is 34.8. The molecule has 1 aliphatic carbocycles. The van der Waals surface area contributed by atoms with Crippen LogP contribution in [0.5, 0.6) is 0 Å². The molecule has 2 aromatic carbocycles. The lowest BCUT2D eigenvalue weighted by molar-refractivity contribution is -0.138. The van der Waals surface area contributed by atoms with Gasteiger partial charge >= 0.3 is 0 Å². The summed E-state index contributed by atoms with van der Waals surface area (Å²) in [5.74, 6) is 0.592. The van der Waals surface area contributed by atoms with Crippen LogP contribution in [0.15, 0.2) is 48.5 Å². The standard InChI is InChI=1S/C33H46ClN5O2S.C2H6/c1-23-28-11-7-6-10-26(28)21-29(36-23)32(40)37-30(20-24-12-14-27(34)15-13-24)33(41)39-18-16-38(17-19-39)31(22-35-42-2)25-8-4-3-5-9-25;1-2/h6-7,10-15,23,25,29-31,35-36H,3-5,8-9,16-22H2,1-2H3,(H,37,40);1-2H3. The number of hydrogen-bond acceptors (Lipinski definition) is 6. The molecule has 2 fully saturated rings. The third kappa shape index (κ3) is 9.23. The van der Waals surface area contributed by atoms with Crippen molar-refractivity contribution in [1.29, 1.82) is 0 Å². The fourth-order valence-electron chi connectivity index (χ4n) is 7.09. The second kappa shape index (κ2) is 17.6. The van der Waals surface area contributed by atoms with E-state index in [1.54, 1.807) is 11.9 Å². The van der Waals surface area contributed by atoms with E-state index in [-0.39, 0.29) is 23.9 Å². The lowest BCUT2D eigenvalue weighted by Crippen LogP contribution is -2.60. The fraction of sp³-hybridized carbons (Fsp3) is 0.600. The van der Waals surface area contributed by atoms with E-state index in [0.717, 1.165) is 25.2 Å². The molecule has 0 bridgehead atoms. The van der Waals surface area contributed by atoms with Crippen LogP contribution < -0.4 is 15.4 Å². The molecular formula is C35H52ClN5O2S. The number of rotatable bonds is 10. The molecule has 0 spiro atoms. The van der Waals surface area contributed by atoms with Gasteiger partial charge in [0.2, 0.25) is 11.8 Å². The van der Waals surface area contributed by atoms with E-state index in [2.05, 4.69) is 45.6 Å². The highest BCUT2D eigenvalue weighted by Gasteiger charge is 2.35. The summed E-state index contributed by atoms with van der Waals surface area (Å²) in [5.41, 5.74) is 3.39. The molecule has 2 heterocycles. The van der Waals surface area contributed by atoms with Gasteiger partial charge in [0, 0.05) is 56.3 Å². The molecule has 4 unspecified atom stereocenters. The molecule has 7 nitrogen and oxygen atoms in total. The van der Waals surface area contributed by atoms with Gasteiger partial charge < -0.3 is 10.2 Å². The maximum absolute atomic E-state index is 14.0. The van der Waals surface area contributed by atoms with Gasteiger partial charge in [-0.3, -0.25) is 24.5 Å². The number of halogens is 1. The van der Waals surface area contributed by atoms with E-state index in [4.69, 9.17) is 11.6 Å². The lowest BCUT2D eigenvalue weighted by atomic mass is 9.83. The molecule has 0 radical (unpaired) electrons. The van der Waals surface area contributed by atoms with Crippen LogP contribution in [0.3, 0.4) is 0 Å².